The number of nitrogen functional groups attached to an aromatic ring is 1. The van der Waals surface area contributed by atoms with Crippen LogP contribution in [0.1, 0.15) is 5.56 Å². The maximum absolute atomic E-state index is 13.5. The fourth-order valence-electron chi connectivity index (χ4n) is 1.55. The van der Waals surface area contributed by atoms with Crippen LogP contribution in [0.5, 0.6) is 0 Å². The number of anilines is 1. The summed E-state index contributed by atoms with van der Waals surface area (Å²) in [5.74, 6) is -6.31. The second-order valence-corrected chi connectivity index (χ2v) is 3.66. The van der Waals surface area contributed by atoms with Gasteiger partial charge in [-0.25, -0.2) is 22.5 Å². The molecule has 7 heteroatoms. The van der Waals surface area contributed by atoms with Crippen LogP contribution >= 0.6 is 0 Å². The van der Waals surface area contributed by atoms with Gasteiger partial charge in [-0.1, -0.05) is 0 Å². The molecule has 0 fully saturated rings. The van der Waals surface area contributed by atoms with Crippen molar-refractivity contribution in [3.05, 3.63) is 47.0 Å². The molecule has 1 aromatic heterocycles. The van der Waals surface area contributed by atoms with Gasteiger partial charge in [-0.2, -0.15) is 0 Å². The fraction of sp³-hybridized carbons (Fsp3) is 0. The third kappa shape index (κ3) is 2.14. The van der Waals surface area contributed by atoms with Gasteiger partial charge >= 0.3 is 0 Å². The molecule has 2 aromatic rings. The lowest BCUT2D eigenvalue weighted by Crippen LogP contribution is -2.03. The Labute approximate surface area is 105 Å². The highest BCUT2D eigenvalue weighted by Crippen LogP contribution is 2.29. The molecule has 98 valence electrons. The summed E-state index contributed by atoms with van der Waals surface area (Å²) in [5, 5.41) is 7.00. The van der Waals surface area contributed by atoms with E-state index in [-0.39, 0.29) is 23.1 Å². The standard InChI is InChI=1S/C12H7F4N3/c13-6-3-7(14)11(16)9(10(6)15)8-2-1-5(4-17)12(18)19-8/h1-4,17H,(H2,18,19). The number of hydrogen-bond acceptors (Lipinski definition) is 3. The second kappa shape index (κ2) is 4.68. The summed E-state index contributed by atoms with van der Waals surface area (Å²) < 4.78 is 53.2. The van der Waals surface area contributed by atoms with E-state index in [0.717, 1.165) is 12.3 Å². The van der Waals surface area contributed by atoms with Gasteiger partial charge in [0, 0.05) is 17.8 Å². The average molecular weight is 269 g/mol. The molecule has 0 saturated heterocycles. The van der Waals surface area contributed by atoms with Gasteiger partial charge in [0.1, 0.15) is 5.82 Å². The van der Waals surface area contributed by atoms with Crippen LogP contribution < -0.4 is 5.73 Å². The number of rotatable bonds is 2. The van der Waals surface area contributed by atoms with Gasteiger partial charge in [-0.05, 0) is 12.1 Å². The third-order valence-electron chi connectivity index (χ3n) is 2.48. The Kier molecular flexibility index (Phi) is 3.20. The molecule has 19 heavy (non-hydrogen) atoms. The van der Waals surface area contributed by atoms with Crippen LogP contribution in [0, 0.1) is 28.7 Å². The number of halogens is 4. The zero-order valence-electron chi connectivity index (χ0n) is 9.35. The Morgan fingerprint density at radius 2 is 1.63 bits per heavy atom. The zero-order chi connectivity index (χ0) is 14.2. The van der Waals surface area contributed by atoms with E-state index in [0.29, 0.717) is 0 Å². The summed E-state index contributed by atoms with van der Waals surface area (Å²) in [4.78, 5) is 3.63. The van der Waals surface area contributed by atoms with Gasteiger partial charge in [-0.15, -0.1) is 0 Å². The average Bonchev–Trinajstić information content (AvgIpc) is 2.37. The van der Waals surface area contributed by atoms with Crippen LogP contribution in [0.15, 0.2) is 18.2 Å². The predicted octanol–water partition coefficient (Wildman–Crippen LogP) is 2.88. The molecule has 0 aliphatic heterocycles. The summed E-state index contributed by atoms with van der Waals surface area (Å²) >= 11 is 0. The fourth-order valence-corrected chi connectivity index (χ4v) is 1.55. The Hall–Kier alpha value is -2.44. The van der Waals surface area contributed by atoms with Crippen molar-refractivity contribution in [2.45, 2.75) is 0 Å². The largest absolute Gasteiger partial charge is 0.383 e. The van der Waals surface area contributed by atoms with E-state index in [2.05, 4.69) is 4.98 Å². The molecule has 0 bridgehead atoms. The molecule has 2 rings (SSSR count). The number of benzene rings is 1. The lowest BCUT2D eigenvalue weighted by Gasteiger charge is -2.08. The van der Waals surface area contributed by atoms with E-state index in [1.165, 1.54) is 6.07 Å². The van der Waals surface area contributed by atoms with Crippen LogP contribution in [-0.2, 0) is 0 Å². The third-order valence-corrected chi connectivity index (χ3v) is 2.48. The lowest BCUT2D eigenvalue weighted by atomic mass is 10.1. The molecule has 3 nitrogen and oxygen atoms in total. The van der Waals surface area contributed by atoms with E-state index in [9.17, 15) is 17.6 Å². The topological polar surface area (TPSA) is 62.8 Å². The van der Waals surface area contributed by atoms with Gasteiger partial charge < -0.3 is 11.1 Å². The molecule has 0 unspecified atom stereocenters. The second-order valence-electron chi connectivity index (χ2n) is 3.66. The summed E-state index contributed by atoms with van der Waals surface area (Å²) in [5.41, 5.74) is 4.39. The number of hydrogen-bond donors (Lipinski definition) is 2. The van der Waals surface area contributed by atoms with Gasteiger partial charge in [0.15, 0.2) is 23.3 Å². The molecule has 3 N–H and O–H groups in total. The van der Waals surface area contributed by atoms with Crippen molar-refractivity contribution in [1.29, 1.82) is 5.41 Å². The minimum atomic E-state index is -1.55. The first-order chi connectivity index (χ1) is 8.95. The van der Waals surface area contributed by atoms with Crippen molar-refractivity contribution in [2.24, 2.45) is 0 Å². The van der Waals surface area contributed by atoms with E-state index >= 15 is 0 Å². The highest BCUT2D eigenvalue weighted by atomic mass is 19.2. The quantitative estimate of drug-likeness (QED) is 0.500. The van der Waals surface area contributed by atoms with E-state index in [1.807, 2.05) is 0 Å². The first-order valence-corrected chi connectivity index (χ1v) is 5.06. The van der Waals surface area contributed by atoms with Crippen molar-refractivity contribution in [3.63, 3.8) is 0 Å². The Balaban J connectivity index is 2.72. The molecule has 1 heterocycles. The maximum Gasteiger partial charge on any atom is 0.171 e. The molecule has 0 radical (unpaired) electrons. The van der Waals surface area contributed by atoms with Crippen LogP contribution in [0.2, 0.25) is 0 Å². The van der Waals surface area contributed by atoms with Gasteiger partial charge in [-0.3, -0.25) is 0 Å². The molecule has 1 aromatic carbocycles. The monoisotopic (exact) mass is 269 g/mol. The first-order valence-electron chi connectivity index (χ1n) is 5.06. The smallest absolute Gasteiger partial charge is 0.171 e. The predicted molar refractivity (Wildman–Crippen MR) is 61.8 cm³/mol. The minimum Gasteiger partial charge on any atom is -0.383 e. The Morgan fingerprint density at radius 3 is 2.11 bits per heavy atom. The molecule has 0 aliphatic carbocycles. The molecule has 0 spiro atoms. The highest BCUT2D eigenvalue weighted by molar-refractivity contribution is 5.84. The van der Waals surface area contributed by atoms with Crippen molar-refractivity contribution in [2.75, 3.05) is 5.73 Å². The van der Waals surface area contributed by atoms with E-state index in [4.69, 9.17) is 11.1 Å². The van der Waals surface area contributed by atoms with Crippen LogP contribution in [0.4, 0.5) is 23.4 Å². The Bertz CT molecular complexity index is 644. The lowest BCUT2D eigenvalue weighted by molar-refractivity contribution is 0.458. The minimum absolute atomic E-state index is 0.115. The van der Waals surface area contributed by atoms with Crippen molar-refractivity contribution >= 4 is 12.0 Å². The number of nitrogens with two attached hydrogens (primary N) is 1. The number of aromatic nitrogens is 1. The van der Waals surface area contributed by atoms with Crippen LogP contribution in [0.3, 0.4) is 0 Å². The number of nitrogens with one attached hydrogen (secondary N) is 1. The van der Waals surface area contributed by atoms with Crippen molar-refractivity contribution < 1.29 is 17.6 Å². The number of nitrogens with zero attached hydrogens (tertiary/aromatic N) is 1. The summed E-state index contributed by atoms with van der Waals surface area (Å²) in [6.45, 7) is 0. The van der Waals surface area contributed by atoms with Gasteiger partial charge in [0.05, 0.1) is 11.3 Å². The molecule has 0 saturated carbocycles. The van der Waals surface area contributed by atoms with Crippen molar-refractivity contribution in [1.82, 2.24) is 4.98 Å². The van der Waals surface area contributed by atoms with Crippen LogP contribution in [-0.4, -0.2) is 11.2 Å². The van der Waals surface area contributed by atoms with Crippen molar-refractivity contribution in [3.8, 4) is 11.3 Å². The van der Waals surface area contributed by atoms with Gasteiger partial charge in [0.25, 0.3) is 0 Å². The molecule has 0 atom stereocenters. The normalized spacial score (nSPS) is 10.5. The first kappa shape index (κ1) is 13.0. The number of pyridine rings is 1. The summed E-state index contributed by atoms with van der Waals surface area (Å²) in [7, 11) is 0. The van der Waals surface area contributed by atoms with E-state index < -0.39 is 28.8 Å². The molecule has 0 aliphatic rings. The highest BCUT2D eigenvalue weighted by Gasteiger charge is 2.21. The maximum atomic E-state index is 13.5. The van der Waals surface area contributed by atoms with Crippen LogP contribution in [0.25, 0.3) is 11.3 Å². The molecular formula is C12H7F4N3. The zero-order valence-corrected chi connectivity index (χ0v) is 9.35. The summed E-state index contributed by atoms with van der Waals surface area (Å²) in [6, 6.07) is 2.51. The Morgan fingerprint density at radius 1 is 1.05 bits per heavy atom. The molecular weight excluding hydrogens is 262 g/mol. The molecule has 0 amide bonds. The van der Waals surface area contributed by atoms with E-state index in [1.54, 1.807) is 0 Å². The van der Waals surface area contributed by atoms with Gasteiger partial charge in [0.2, 0.25) is 0 Å². The SMILES string of the molecule is N=Cc1ccc(-c2c(F)c(F)cc(F)c2F)nc1N. The summed E-state index contributed by atoms with van der Waals surface area (Å²) in [6.07, 6.45) is 0.894.